The van der Waals surface area contributed by atoms with Crippen LogP contribution in [0.15, 0.2) is 0 Å². The van der Waals surface area contributed by atoms with Gasteiger partial charge in [-0.05, 0) is 30.9 Å². The lowest BCUT2D eigenvalue weighted by Crippen LogP contribution is -2.59. The zero-order valence-corrected chi connectivity index (χ0v) is 12.7. The summed E-state index contributed by atoms with van der Waals surface area (Å²) >= 11 is 3.98. The summed E-state index contributed by atoms with van der Waals surface area (Å²) < 4.78 is 0. The predicted octanol–water partition coefficient (Wildman–Crippen LogP) is 2.14. The molecule has 0 saturated carbocycles. The molecule has 0 aromatic heterocycles. The van der Waals surface area contributed by atoms with E-state index in [0.717, 1.165) is 13.1 Å². The van der Waals surface area contributed by atoms with Crippen molar-refractivity contribution in [3.8, 4) is 0 Å². The third kappa shape index (κ3) is 3.56. The monoisotopic (exact) mass is 262 g/mol. The van der Waals surface area contributed by atoms with Crippen molar-refractivity contribution in [2.75, 3.05) is 43.7 Å². The Kier molecular flexibility index (Phi) is 5.49. The first kappa shape index (κ1) is 14.7. The van der Waals surface area contributed by atoms with Gasteiger partial charge in [-0.2, -0.15) is 23.5 Å². The Morgan fingerprint density at radius 3 is 2.56 bits per heavy atom. The van der Waals surface area contributed by atoms with Gasteiger partial charge in [0.25, 0.3) is 0 Å². The molecule has 1 atom stereocenters. The Bertz CT molecular complexity index is 221. The summed E-state index contributed by atoms with van der Waals surface area (Å²) in [5.74, 6) is 3.66. The molecule has 1 saturated heterocycles. The van der Waals surface area contributed by atoms with Crippen molar-refractivity contribution in [1.82, 2.24) is 4.90 Å². The van der Waals surface area contributed by atoms with E-state index in [9.17, 15) is 0 Å². The van der Waals surface area contributed by atoms with E-state index in [0.29, 0.717) is 5.41 Å². The van der Waals surface area contributed by atoms with Crippen molar-refractivity contribution >= 4 is 23.5 Å². The largest absolute Gasteiger partial charge is 0.329 e. The third-order valence-corrected chi connectivity index (χ3v) is 5.81. The zero-order chi connectivity index (χ0) is 12.2. The lowest BCUT2D eigenvalue weighted by atomic mass is 9.79. The van der Waals surface area contributed by atoms with Gasteiger partial charge in [-0.3, -0.25) is 4.90 Å². The number of likely N-dealkylation sites (N-methyl/N-ethyl adjacent to an activating group) is 1. The standard InChI is InChI=1S/C12H26N2S2/c1-11(2)7-12(8-13,10-16-9-11)14(3)5-6-15-4/h5-10,13H2,1-4H3. The van der Waals surface area contributed by atoms with E-state index < -0.39 is 0 Å². The van der Waals surface area contributed by atoms with Crippen LogP contribution in [0.1, 0.15) is 20.3 Å². The quantitative estimate of drug-likeness (QED) is 0.822. The minimum absolute atomic E-state index is 0.224. The second-order valence-electron chi connectivity index (χ2n) is 5.68. The highest BCUT2D eigenvalue weighted by Gasteiger charge is 2.42. The van der Waals surface area contributed by atoms with E-state index in [1.54, 1.807) is 0 Å². The van der Waals surface area contributed by atoms with E-state index in [2.05, 4.69) is 43.8 Å². The molecule has 2 nitrogen and oxygen atoms in total. The molecule has 1 fully saturated rings. The molecule has 1 rings (SSSR count). The first-order chi connectivity index (χ1) is 7.46. The molecular formula is C12H26N2S2. The van der Waals surface area contributed by atoms with Crippen LogP contribution in [0.3, 0.4) is 0 Å². The van der Waals surface area contributed by atoms with Crippen LogP contribution in [0.5, 0.6) is 0 Å². The van der Waals surface area contributed by atoms with Gasteiger partial charge in [0.1, 0.15) is 0 Å². The maximum Gasteiger partial charge on any atom is 0.0424 e. The third-order valence-electron chi connectivity index (χ3n) is 3.49. The SMILES string of the molecule is CSCCN(C)C1(CN)CSCC(C)(C)C1. The number of thioether (sulfide) groups is 2. The molecule has 0 aromatic carbocycles. The molecule has 1 aliphatic rings. The highest BCUT2D eigenvalue weighted by Crippen LogP contribution is 2.41. The topological polar surface area (TPSA) is 29.3 Å². The molecule has 16 heavy (non-hydrogen) atoms. The van der Waals surface area contributed by atoms with Gasteiger partial charge in [-0.25, -0.2) is 0 Å². The molecule has 1 unspecified atom stereocenters. The van der Waals surface area contributed by atoms with E-state index in [1.807, 2.05) is 11.8 Å². The molecule has 0 aromatic rings. The molecule has 0 radical (unpaired) electrons. The molecule has 96 valence electrons. The number of hydrogen-bond donors (Lipinski definition) is 1. The summed E-state index contributed by atoms with van der Waals surface area (Å²) in [6.45, 7) is 6.67. The fourth-order valence-corrected chi connectivity index (χ4v) is 4.54. The second kappa shape index (κ2) is 5.98. The van der Waals surface area contributed by atoms with Gasteiger partial charge in [0.15, 0.2) is 0 Å². The molecule has 4 heteroatoms. The molecule has 2 N–H and O–H groups in total. The van der Waals surface area contributed by atoms with Crippen molar-refractivity contribution in [3.63, 3.8) is 0 Å². The van der Waals surface area contributed by atoms with Gasteiger partial charge >= 0.3 is 0 Å². The smallest absolute Gasteiger partial charge is 0.0424 e. The van der Waals surface area contributed by atoms with Crippen molar-refractivity contribution in [2.45, 2.75) is 25.8 Å². The molecule has 1 heterocycles. The highest BCUT2D eigenvalue weighted by molar-refractivity contribution is 7.99. The number of rotatable bonds is 5. The Hall–Kier alpha value is 0.620. The number of hydrogen-bond acceptors (Lipinski definition) is 4. The fourth-order valence-electron chi connectivity index (χ4n) is 2.51. The average Bonchev–Trinajstić information content (AvgIpc) is 2.24. The lowest BCUT2D eigenvalue weighted by molar-refractivity contribution is 0.0998. The summed E-state index contributed by atoms with van der Waals surface area (Å²) in [7, 11) is 2.24. The zero-order valence-electron chi connectivity index (χ0n) is 11.1. The van der Waals surface area contributed by atoms with Crippen LogP contribution >= 0.6 is 23.5 Å². The van der Waals surface area contributed by atoms with Crippen molar-refractivity contribution < 1.29 is 0 Å². The van der Waals surface area contributed by atoms with Gasteiger partial charge in [-0.15, -0.1) is 0 Å². The summed E-state index contributed by atoms with van der Waals surface area (Å²) in [6.07, 6.45) is 3.40. The van der Waals surface area contributed by atoms with E-state index >= 15 is 0 Å². The normalized spacial score (nSPS) is 29.6. The van der Waals surface area contributed by atoms with Crippen LogP contribution in [0.2, 0.25) is 0 Å². The number of nitrogens with two attached hydrogens (primary N) is 1. The maximum atomic E-state index is 6.07. The van der Waals surface area contributed by atoms with Crippen molar-refractivity contribution in [1.29, 1.82) is 0 Å². The van der Waals surface area contributed by atoms with Gasteiger partial charge in [0.2, 0.25) is 0 Å². The van der Waals surface area contributed by atoms with E-state index in [1.165, 1.54) is 23.7 Å². The van der Waals surface area contributed by atoms with Gasteiger partial charge in [0.05, 0.1) is 0 Å². The van der Waals surface area contributed by atoms with Crippen molar-refractivity contribution in [2.24, 2.45) is 11.1 Å². The first-order valence-corrected chi connectivity index (χ1v) is 8.49. The minimum atomic E-state index is 0.224. The first-order valence-electron chi connectivity index (χ1n) is 5.94. The van der Waals surface area contributed by atoms with Crippen LogP contribution in [-0.2, 0) is 0 Å². The van der Waals surface area contributed by atoms with Crippen LogP contribution < -0.4 is 5.73 Å². The highest BCUT2D eigenvalue weighted by atomic mass is 32.2. The molecular weight excluding hydrogens is 236 g/mol. The molecule has 1 aliphatic heterocycles. The summed E-state index contributed by atoms with van der Waals surface area (Å²) in [6, 6.07) is 0. The average molecular weight is 262 g/mol. The fraction of sp³-hybridized carbons (Fsp3) is 1.00. The minimum Gasteiger partial charge on any atom is -0.329 e. The summed E-state index contributed by atoms with van der Waals surface area (Å²) in [4.78, 5) is 2.50. The molecule has 0 spiro atoms. The lowest BCUT2D eigenvalue weighted by Gasteiger charge is -2.49. The van der Waals surface area contributed by atoms with Crippen LogP contribution in [0.25, 0.3) is 0 Å². The predicted molar refractivity (Wildman–Crippen MR) is 78.5 cm³/mol. The van der Waals surface area contributed by atoms with E-state index in [4.69, 9.17) is 5.73 Å². The summed E-state index contributed by atoms with van der Waals surface area (Å²) in [5, 5.41) is 0. The van der Waals surface area contributed by atoms with Crippen molar-refractivity contribution in [3.05, 3.63) is 0 Å². The molecule has 0 aliphatic carbocycles. The van der Waals surface area contributed by atoms with Crippen LogP contribution in [-0.4, -0.2) is 54.1 Å². The Morgan fingerprint density at radius 1 is 1.38 bits per heavy atom. The maximum absolute atomic E-state index is 6.07. The van der Waals surface area contributed by atoms with Crippen LogP contribution in [0, 0.1) is 5.41 Å². The van der Waals surface area contributed by atoms with Gasteiger partial charge in [0, 0.05) is 30.1 Å². The Morgan fingerprint density at radius 2 is 2.06 bits per heavy atom. The second-order valence-corrected chi connectivity index (χ2v) is 7.65. The summed E-state index contributed by atoms with van der Waals surface area (Å²) in [5.41, 5.74) is 6.72. The van der Waals surface area contributed by atoms with E-state index in [-0.39, 0.29) is 5.54 Å². The Labute approximate surface area is 109 Å². The Balaban J connectivity index is 2.68. The molecule has 0 amide bonds. The van der Waals surface area contributed by atoms with Gasteiger partial charge < -0.3 is 5.73 Å². The molecule has 0 bridgehead atoms. The van der Waals surface area contributed by atoms with Gasteiger partial charge in [-0.1, -0.05) is 13.8 Å². The van der Waals surface area contributed by atoms with Crippen LogP contribution in [0.4, 0.5) is 0 Å². The number of nitrogens with zero attached hydrogens (tertiary/aromatic N) is 1.